The van der Waals surface area contributed by atoms with E-state index in [9.17, 15) is 18.0 Å². The van der Waals surface area contributed by atoms with Crippen molar-refractivity contribution in [3.05, 3.63) is 101 Å². The summed E-state index contributed by atoms with van der Waals surface area (Å²) in [5.74, 6) is -0.779. The van der Waals surface area contributed by atoms with Crippen LogP contribution >= 0.6 is 0 Å². The summed E-state index contributed by atoms with van der Waals surface area (Å²) in [7, 11) is -4.18. The fourth-order valence-corrected chi connectivity index (χ4v) is 4.40. The SMILES string of the molecule is CCOc1ccc(NC2=C/C(=N/S(=O)(=O)c3ccc(C(=O)O)cc3)c3ccccc3C2=O)cc1. The van der Waals surface area contributed by atoms with Gasteiger partial charge in [0, 0.05) is 16.8 Å². The van der Waals surface area contributed by atoms with Gasteiger partial charge in [-0.1, -0.05) is 24.3 Å². The molecule has 9 heteroatoms. The molecule has 4 rings (SSSR count). The van der Waals surface area contributed by atoms with Crippen LogP contribution in [0.15, 0.2) is 93.9 Å². The van der Waals surface area contributed by atoms with Gasteiger partial charge in [0.1, 0.15) is 5.75 Å². The maximum absolute atomic E-state index is 13.1. The third kappa shape index (κ3) is 4.74. The van der Waals surface area contributed by atoms with E-state index in [1.807, 2.05) is 6.92 Å². The van der Waals surface area contributed by atoms with E-state index in [1.165, 1.54) is 30.3 Å². The number of carboxylic acid groups (broad SMARTS) is 1. The summed E-state index contributed by atoms with van der Waals surface area (Å²) >= 11 is 0. The average molecular weight is 477 g/mol. The molecule has 34 heavy (non-hydrogen) atoms. The van der Waals surface area contributed by atoms with Crippen molar-refractivity contribution >= 4 is 33.2 Å². The quantitative estimate of drug-likeness (QED) is 0.525. The van der Waals surface area contributed by atoms with E-state index in [0.29, 0.717) is 29.2 Å². The number of carbonyl (C=O) groups excluding carboxylic acids is 1. The molecule has 3 aromatic carbocycles. The maximum atomic E-state index is 13.1. The lowest BCUT2D eigenvalue weighted by atomic mass is 9.92. The van der Waals surface area contributed by atoms with Crippen LogP contribution in [0.3, 0.4) is 0 Å². The Balaban J connectivity index is 1.73. The average Bonchev–Trinajstić information content (AvgIpc) is 2.83. The molecule has 0 aliphatic heterocycles. The molecule has 0 unspecified atom stereocenters. The van der Waals surface area contributed by atoms with Gasteiger partial charge in [0.2, 0.25) is 5.78 Å². The van der Waals surface area contributed by atoms with E-state index in [1.54, 1.807) is 48.5 Å². The fraction of sp³-hybridized carbons (Fsp3) is 0.0800. The molecular formula is C25H20N2O6S. The van der Waals surface area contributed by atoms with Crippen molar-refractivity contribution in [1.82, 2.24) is 0 Å². The Kier molecular flexibility index (Phi) is 6.29. The van der Waals surface area contributed by atoms with Crippen LogP contribution in [0.25, 0.3) is 0 Å². The standard InChI is InChI=1S/C25H20N2O6S/c1-2-33-18-11-9-17(10-12-18)26-23-15-22(20-5-3-4-6-21(20)24(23)28)27-34(31,32)19-13-7-16(8-14-19)25(29)30/h3-15,26H,2H2,1H3,(H,29,30)/b27-22-. The second-order valence-electron chi connectivity index (χ2n) is 7.30. The molecule has 0 spiro atoms. The molecule has 172 valence electrons. The predicted molar refractivity (Wildman–Crippen MR) is 127 cm³/mol. The summed E-state index contributed by atoms with van der Waals surface area (Å²) in [5.41, 5.74) is 1.53. The Labute approximate surface area is 196 Å². The summed E-state index contributed by atoms with van der Waals surface area (Å²) < 4.78 is 35.3. The van der Waals surface area contributed by atoms with Gasteiger partial charge in [-0.15, -0.1) is 0 Å². The summed E-state index contributed by atoms with van der Waals surface area (Å²) in [4.78, 5) is 24.0. The van der Waals surface area contributed by atoms with Gasteiger partial charge in [-0.25, -0.2) is 4.79 Å². The Bertz CT molecular complexity index is 1420. The van der Waals surface area contributed by atoms with Gasteiger partial charge in [0.25, 0.3) is 10.0 Å². The van der Waals surface area contributed by atoms with E-state index in [4.69, 9.17) is 9.84 Å². The number of benzene rings is 3. The first-order chi connectivity index (χ1) is 16.3. The largest absolute Gasteiger partial charge is 0.494 e. The van der Waals surface area contributed by atoms with Crippen molar-refractivity contribution in [3.8, 4) is 5.75 Å². The van der Waals surface area contributed by atoms with Gasteiger partial charge in [0.15, 0.2) is 0 Å². The first kappa shape index (κ1) is 22.9. The van der Waals surface area contributed by atoms with Crippen LogP contribution in [-0.2, 0) is 10.0 Å². The highest BCUT2D eigenvalue weighted by molar-refractivity contribution is 7.90. The fourth-order valence-electron chi connectivity index (χ4n) is 3.41. The van der Waals surface area contributed by atoms with E-state index in [0.717, 1.165) is 0 Å². The van der Waals surface area contributed by atoms with E-state index in [2.05, 4.69) is 9.71 Å². The minimum atomic E-state index is -4.18. The number of Topliss-reactive ketones (excluding diaryl/α,β-unsaturated/α-hetero) is 1. The topological polar surface area (TPSA) is 122 Å². The Morgan fingerprint density at radius 3 is 2.24 bits per heavy atom. The second kappa shape index (κ2) is 9.32. The highest BCUT2D eigenvalue weighted by Crippen LogP contribution is 2.26. The predicted octanol–water partition coefficient (Wildman–Crippen LogP) is 4.15. The van der Waals surface area contributed by atoms with Crippen LogP contribution in [0.1, 0.15) is 33.2 Å². The maximum Gasteiger partial charge on any atom is 0.335 e. The number of hydrogen-bond donors (Lipinski definition) is 2. The minimum Gasteiger partial charge on any atom is -0.494 e. The zero-order valence-electron chi connectivity index (χ0n) is 18.1. The molecule has 1 aliphatic carbocycles. The number of ether oxygens (including phenoxy) is 1. The summed E-state index contributed by atoms with van der Waals surface area (Å²) in [5, 5.41) is 12.1. The summed E-state index contributed by atoms with van der Waals surface area (Å²) in [6.45, 7) is 2.41. The number of anilines is 1. The van der Waals surface area contributed by atoms with Crippen LogP contribution in [0.5, 0.6) is 5.75 Å². The highest BCUT2D eigenvalue weighted by Gasteiger charge is 2.26. The smallest absolute Gasteiger partial charge is 0.335 e. The number of carboxylic acids is 1. The molecule has 0 aromatic heterocycles. The third-order valence-electron chi connectivity index (χ3n) is 5.04. The molecule has 0 atom stereocenters. The number of hydrogen-bond acceptors (Lipinski definition) is 6. The van der Waals surface area contributed by atoms with Crippen LogP contribution in [0.2, 0.25) is 0 Å². The Hall–Kier alpha value is -4.24. The summed E-state index contributed by atoms with van der Waals surface area (Å²) in [6.07, 6.45) is 1.39. The first-order valence-corrected chi connectivity index (χ1v) is 11.8. The number of sulfonamides is 1. The number of nitrogens with zero attached hydrogens (tertiary/aromatic N) is 1. The molecule has 0 saturated heterocycles. The lowest BCUT2D eigenvalue weighted by molar-refractivity contribution is 0.0696. The van der Waals surface area contributed by atoms with Crippen LogP contribution in [-0.4, -0.2) is 37.6 Å². The van der Waals surface area contributed by atoms with Crippen molar-refractivity contribution < 1.29 is 27.9 Å². The number of aromatic carboxylic acids is 1. The van der Waals surface area contributed by atoms with Gasteiger partial charge in [-0.3, -0.25) is 4.79 Å². The minimum absolute atomic E-state index is 0.0399. The molecule has 1 aliphatic rings. The zero-order chi connectivity index (χ0) is 24.3. The molecule has 0 bridgehead atoms. The molecular weight excluding hydrogens is 456 g/mol. The lowest BCUT2D eigenvalue weighted by Gasteiger charge is -2.19. The van der Waals surface area contributed by atoms with Gasteiger partial charge >= 0.3 is 5.97 Å². The Morgan fingerprint density at radius 1 is 0.971 bits per heavy atom. The van der Waals surface area contributed by atoms with E-state index >= 15 is 0 Å². The van der Waals surface area contributed by atoms with Gasteiger partial charge < -0.3 is 15.2 Å². The Morgan fingerprint density at radius 2 is 1.62 bits per heavy atom. The molecule has 2 N–H and O–H groups in total. The zero-order valence-corrected chi connectivity index (χ0v) is 18.9. The number of rotatable bonds is 7. The normalized spacial score (nSPS) is 14.3. The highest BCUT2D eigenvalue weighted by atomic mass is 32.2. The van der Waals surface area contributed by atoms with Crippen molar-refractivity contribution in [2.75, 3.05) is 11.9 Å². The third-order valence-corrected chi connectivity index (χ3v) is 6.34. The number of carbonyl (C=O) groups is 2. The second-order valence-corrected chi connectivity index (χ2v) is 8.90. The number of nitrogens with one attached hydrogen (secondary N) is 1. The van der Waals surface area contributed by atoms with Gasteiger partial charge in [0.05, 0.1) is 28.5 Å². The molecule has 0 amide bonds. The number of ketones is 1. The molecule has 3 aromatic rings. The van der Waals surface area contributed by atoms with Crippen LogP contribution in [0.4, 0.5) is 5.69 Å². The van der Waals surface area contributed by atoms with Crippen LogP contribution in [0, 0.1) is 0 Å². The number of allylic oxidation sites excluding steroid dienone is 2. The molecule has 0 saturated carbocycles. The van der Waals surface area contributed by atoms with E-state index < -0.39 is 16.0 Å². The van der Waals surface area contributed by atoms with Crippen molar-refractivity contribution in [3.63, 3.8) is 0 Å². The number of fused-ring (bicyclic) bond motifs is 1. The lowest BCUT2D eigenvalue weighted by Crippen LogP contribution is -2.22. The first-order valence-electron chi connectivity index (χ1n) is 10.3. The molecule has 0 heterocycles. The molecule has 0 radical (unpaired) electrons. The monoisotopic (exact) mass is 476 g/mol. The van der Waals surface area contributed by atoms with Gasteiger partial charge in [-0.2, -0.15) is 12.8 Å². The van der Waals surface area contributed by atoms with Crippen molar-refractivity contribution in [2.24, 2.45) is 4.40 Å². The molecule has 8 nitrogen and oxygen atoms in total. The molecule has 0 fully saturated rings. The van der Waals surface area contributed by atoms with Crippen LogP contribution < -0.4 is 10.1 Å². The summed E-state index contributed by atoms with van der Waals surface area (Å²) in [6, 6.07) is 18.4. The van der Waals surface area contributed by atoms with Crippen molar-refractivity contribution in [2.45, 2.75) is 11.8 Å². The van der Waals surface area contributed by atoms with Gasteiger partial charge in [-0.05, 0) is 61.5 Å². The van der Waals surface area contributed by atoms with Crippen molar-refractivity contribution in [1.29, 1.82) is 0 Å². The van der Waals surface area contributed by atoms with E-state index in [-0.39, 0.29) is 27.7 Å².